The molecule has 1 aliphatic carbocycles. The van der Waals surface area contributed by atoms with Crippen molar-refractivity contribution in [3.63, 3.8) is 0 Å². The number of phenols is 1. The van der Waals surface area contributed by atoms with Crippen LogP contribution in [0, 0.1) is 6.92 Å². The van der Waals surface area contributed by atoms with Gasteiger partial charge in [-0.2, -0.15) is 0 Å². The van der Waals surface area contributed by atoms with Gasteiger partial charge in [0.25, 0.3) is 0 Å². The summed E-state index contributed by atoms with van der Waals surface area (Å²) < 4.78 is 0. The maximum Gasteiger partial charge on any atom is 0.319 e. The fourth-order valence-corrected chi connectivity index (χ4v) is 4.27. The molecule has 2 aromatic carbocycles. The van der Waals surface area contributed by atoms with Crippen LogP contribution in [0.3, 0.4) is 0 Å². The number of aromatic hydroxyl groups is 1. The number of phenolic OH excluding ortho intramolecular Hbond substituents is 1. The molecule has 1 saturated carbocycles. The fourth-order valence-electron chi connectivity index (χ4n) is 4.27. The first-order chi connectivity index (χ1) is 14.5. The lowest BCUT2D eigenvalue weighted by Crippen LogP contribution is -2.48. The van der Waals surface area contributed by atoms with Crippen LogP contribution in [0.15, 0.2) is 66.9 Å². The predicted octanol–water partition coefficient (Wildman–Crippen LogP) is 5.74. The molecule has 3 aromatic rings. The lowest BCUT2D eigenvalue weighted by molar-refractivity contribution is 0.212. The quantitative estimate of drug-likeness (QED) is 0.521. The number of anilines is 1. The zero-order valence-corrected chi connectivity index (χ0v) is 17.2. The standard InChI is InChI=1S/C25H27N3O2/c1-18-17-20(13-16-26-18)19-5-9-22(10-6-19)27-24(30)28-25(14-3-2-4-15-25)21-7-11-23(29)12-8-21/h5-13,16-17,29H,2-4,14-15H2,1H3,(H2,27,28,30). The van der Waals surface area contributed by atoms with Crippen LogP contribution >= 0.6 is 0 Å². The highest BCUT2D eigenvalue weighted by molar-refractivity contribution is 5.90. The summed E-state index contributed by atoms with van der Waals surface area (Å²) in [5.41, 5.74) is 4.55. The van der Waals surface area contributed by atoms with Crippen molar-refractivity contribution < 1.29 is 9.90 Å². The van der Waals surface area contributed by atoms with E-state index < -0.39 is 5.54 Å². The maximum absolute atomic E-state index is 12.8. The second-order valence-electron chi connectivity index (χ2n) is 8.03. The molecule has 4 rings (SSSR count). The number of benzene rings is 2. The molecule has 3 N–H and O–H groups in total. The van der Waals surface area contributed by atoms with Gasteiger partial charge in [-0.15, -0.1) is 0 Å². The van der Waals surface area contributed by atoms with Gasteiger partial charge in [0.15, 0.2) is 0 Å². The van der Waals surface area contributed by atoms with Gasteiger partial charge in [0, 0.05) is 17.6 Å². The first kappa shape index (κ1) is 20.0. The number of hydrogen-bond acceptors (Lipinski definition) is 3. The fraction of sp³-hybridized carbons (Fsp3) is 0.280. The molecule has 1 aliphatic rings. The molecule has 30 heavy (non-hydrogen) atoms. The number of amides is 2. The van der Waals surface area contributed by atoms with Crippen LogP contribution in [0.4, 0.5) is 10.5 Å². The number of rotatable bonds is 4. The van der Waals surface area contributed by atoms with Crippen molar-refractivity contribution in [2.45, 2.75) is 44.6 Å². The summed E-state index contributed by atoms with van der Waals surface area (Å²) >= 11 is 0. The third kappa shape index (κ3) is 4.46. The number of carbonyl (C=O) groups excluding carboxylic acids is 1. The Hall–Kier alpha value is -3.34. The highest BCUT2D eigenvalue weighted by atomic mass is 16.3. The number of urea groups is 1. The molecule has 0 unspecified atom stereocenters. The Bertz CT molecular complexity index is 1010. The molecule has 0 spiro atoms. The summed E-state index contributed by atoms with van der Waals surface area (Å²) in [4.78, 5) is 17.1. The van der Waals surface area contributed by atoms with E-state index in [0.29, 0.717) is 0 Å². The zero-order chi connectivity index (χ0) is 21.0. The van der Waals surface area contributed by atoms with Crippen LogP contribution < -0.4 is 10.6 Å². The van der Waals surface area contributed by atoms with Gasteiger partial charge >= 0.3 is 6.03 Å². The Morgan fingerprint density at radius 2 is 1.63 bits per heavy atom. The number of nitrogens with zero attached hydrogens (tertiary/aromatic N) is 1. The van der Waals surface area contributed by atoms with Crippen molar-refractivity contribution in [1.29, 1.82) is 0 Å². The average molecular weight is 402 g/mol. The van der Waals surface area contributed by atoms with Crippen LogP contribution in [-0.4, -0.2) is 16.1 Å². The van der Waals surface area contributed by atoms with E-state index in [0.717, 1.165) is 53.8 Å². The SMILES string of the molecule is Cc1cc(-c2ccc(NC(=O)NC3(c4ccc(O)cc4)CCCCC3)cc2)ccn1. The molecule has 0 aliphatic heterocycles. The van der Waals surface area contributed by atoms with E-state index in [1.807, 2.05) is 55.5 Å². The lowest BCUT2D eigenvalue weighted by atomic mass is 9.76. The number of pyridine rings is 1. The number of aromatic nitrogens is 1. The third-order valence-electron chi connectivity index (χ3n) is 5.85. The number of nitrogens with one attached hydrogen (secondary N) is 2. The molecule has 0 saturated heterocycles. The van der Waals surface area contributed by atoms with Gasteiger partial charge in [0.05, 0.1) is 5.54 Å². The Morgan fingerprint density at radius 3 is 2.30 bits per heavy atom. The van der Waals surface area contributed by atoms with Gasteiger partial charge < -0.3 is 15.7 Å². The molecule has 1 heterocycles. The van der Waals surface area contributed by atoms with Crippen LogP contribution in [0.2, 0.25) is 0 Å². The van der Waals surface area contributed by atoms with Crippen LogP contribution in [-0.2, 0) is 5.54 Å². The van der Waals surface area contributed by atoms with Crippen LogP contribution in [0.25, 0.3) is 11.1 Å². The van der Waals surface area contributed by atoms with Crippen molar-refractivity contribution >= 4 is 11.7 Å². The molecule has 0 atom stereocenters. The van der Waals surface area contributed by atoms with Crippen molar-refractivity contribution in [1.82, 2.24) is 10.3 Å². The number of hydrogen-bond donors (Lipinski definition) is 3. The van der Waals surface area contributed by atoms with Gasteiger partial charge in [-0.3, -0.25) is 4.98 Å². The van der Waals surface area contributed by atoms with E-state index in [-0.39, 0.29) is 11.8 Å². The van der Waals surface area contributed by atoms with Gasteiger partial charge in [-0.25, -0.2) is 4.79 Å². The van der Waals surface area contributed by atoms with Gasteiger partial charge in [-0.1, -0.05) is 43.5 Å². The normalized spacial score (nSPS) is 15.4. The summed E-state index contributed by atoms with van der Waals surface area (Å²) in [6, 6.07) is 18.8. The summed E-state index contributed by atoms with van der Waals surface area (Å²) in [6.45, 7) is 1.97. The molecule has 0 radical (unpaired) electrons. The molecule has 5 heteroatoms. The van der Waals surface area contributed by atoms with E-state index in [9.17, 15) is 9.90 Å². The Labute approximate surface area is 177 Å². The molecular weight excluding hydrogens is 374 g/mol. The molecule has 0 bridgehead atoms. The predicted molar refractivity (Wildman–Crippen MR) is 119 cm³/mol. The second kappa shape index (κ2) is 8.57. The summed E-state index contributed by atoms with van der Waals surface area (Å²) in [5.74, 6) is 0.235. The average Bonchev–Trinajstić information content (AvgIpc) is 2.75. The molecule has 1 aromatic heterocycles. The van der Waals surface area contributed by atoms with Crippen LogP contribution in [0.5, 0.6) is 5.75 Å². The van der Waals surface area contributed by atoms with E-state index in [4.69, 9.17) is 0 Å². The first-order valence-corrected chi connectivity index (χ1v) is 10.5. The lowest BCUT2D eigenvalue weighted by Gasteiger charge is -2.38. The van der Waals surface area contributed by atoms with E-state index >= 15 is 0 Å². The van der Waals surface area contributed by atoms with Gasteiger partial charge in [-0.05, 0) is 72.9 Å². The van der Waals surface area contributed by atoms with Crippen molar-refractivity contribution in [3.05, 3.63) is 78.1 Å². The van der Waals surface area contributed by atoms with Crippen molar-refractivity contribution in [2.75, 3.05) is 5.32 Å². The summed E-state index contributed by atoms with van der Waals surface area (Å²) in [5, 5.41) is 15.8. The van der Waals surface area contributed by atoms with Crippen molar-refractivity contribution in [2.24, 2.45) is 0 Å². The Kier molecular flexibility index (Phi) is 5.70. The highest BCUT2D eigenvalue weighted by Crippen LogP contribution is 2.37. The van der Waals surface area contributed by atoms with Crippen LogP contribution in [0.1, 0.15) is 43.4 Å². The monoisotopic (exact) mass is 401 g/mol. The Balaban J connectivity index is 1.48. The molecule has 2 amide bonds. The highest BCUT2D eigenvalue weighted by Gasteiger charge is 2.35. The molecule has 154 valence electrons. The minimum absolute atomic E-state index is 0.211. The number of carbonyl (C=O) groups is 1. The van der Waals surface area contributed by atoms with E-state index in [1.54, 1.807) is 18.3 Å². The molecule has 1 fully saturated rings. The molecular formula is C25H27N3O2. The number of aryl methyl sites for hydroxylation is 1. The van der Waals surface area contributed by atoms with Gasteiger partial charge in [0.2, 0.25) is 0 Å². The minimum atomic E-state index is -0.398. The largest absolute Gasteiger partial charge is 0.508 e. The zero-order valence-electron chi connectivity index (χ0n) is 17.2. The maximum atomic E-state index is 12.8. The van der Waals surface area contributed by atoms with Gasteiger partial charge in [0.1, 0.15) is 5.75 Å². The smallest absolute Gasteiger partial charge is 0.319 e. The first-order valence-electron chi connectivity index (χ1n) is 10.5. The summed E-state index contributed by atoms with van der Waals surface area (Å²) in [6.07, 6.45) is 6.91. The third-order valence-corrected chi connectivity index (χ3v) is 5.85. The topological polar surface area (TPSA) is 74.2 Å². The second-order valence-corrected chi connectivity index (χ2v) is 8.03. The van der Waals surface area contributed by atoms with Crippen molar-refractivity contribution in [3.8, 4) is 16.9 Å². The van der Waals surface area contributed by atoms with E-state index in [2.05, 4.69) is 15.6 Å². The minimum Gasteiger partial charge on any atom is -0.508 e. The Morgan fingerprint density at radius 1 is 0.933 bits per heavy atom. The molecule has 5 nitrogen and oxygen atoms in total. The summed E-state index contributed by atoms with van der Waals surface area (Å²) in [7, 11) is 0. The van der Waals surface area contributed by atoms with E-state index in [1.165, 1.54) is 6.42 Å².